The molecule has 0 radical (unpaired) electrons. The summed E-state index contributed by atoms with van der Waals surface area (Å²) in [4.78, 5) is 2.41. The Morgan fingerprint density at radius 1 is 1.11 bits per heavy atom. The van der Waals surface area contributed by atoms with E-state index in [0.717, 1.165) is 20.7 Å². The number of ether oxygens (including phenoxy) is 1. The SMILES string of the molecule is CCOc1cc(S(=O)(=O)N2CCN(c3ccc(C)c(Cl)c3)CC2)ccc1Br. The predicted octanol–water partition coefficient (Wildman–Crippen LogP) is 4.32. The fourth-order valence-electron chi connectivity index (χ4n) is 3.02. The van der Waals surface area contributed by atoms with E-state index in [0.29, 0.717) is 38.5 Å². The van der Waals surface area contributed by atoms with Crippen molar-refractivity contribution in [3.63, 3.8) is 0 Å². The van der Waals surface area contributed by atoms with Gasteiger partial charge in [-0.1, -0.05) is 17.7 Å². The van der Waals surface area contributed by atoms with Crippen molar-refractivity contribution in [1.82, 2.24) is 4.31 Å². The van der Waals surface area contributed by atoms with Crippen molar-refractivity contribution >= 4 is 43.2 Å². The van der Waals surface area contributed by atoms with Gasteiger partial charge in [0.2, 0.25) is 10.0 Å². The molecule has 1 aliphatic rings. The van der Waals surface area contributed by atoms with E-state index in [1.807, 2.05) is 32.0 Å². The summed E-state index contributed by atoms with van der Waals surface area (Å²) in [5.41, 5.74) is 2.05. The largest absolute Gasteiger partial charge is 0.493 e. The number of piperazine rings is 1. The minimum Gasteiger partial charge on any atom is -0.493 e. The van der Waals surface area contributed by atoms with Gasteiger partial charge in [0.15, 0.2) is 0 Å². The first kappa shape index (κ1) is 20.5. The minimum absolute atomic E-state index is 0.251. The molecule has 8 heteroatoms. The maximum Gasteiger partial charge on any atom is 0.243 e. The summed E-state index contributed by atoms with van der Waals surface area (Å²) < 4.78 is 33.8. The number of rotatable bonds is 5. The molecule has 5 nitrogen and oxygen atoms in total. The lowest BCUT2D eigenvalue weighted by molar-refractivity contribution is 0.336. The number of anilines is 1. The molecule has 0 saturated carbocycles. The van der Waals surface area contributed by atoms with Crippen molar-refractivity contribution in [2.45, 2.75) is 18.7 Å². The van der Waals surface area contributed by atoms with E-state index in [4.69, 9.17) is 16.3 Å². The van der Waals surface area contributed by atoms with Gasteiger partial charge in [-0.3, -0.25) is 0 Å². The van der Waals surface area contributed by atoms with Gasteiger partial charge < -0.3 is 9.64 Å². The first-order chi connectivity index (χ1) is 12.8. The molecule has 1 aliphatic heterocycles. The number of hydrogen-bond donors (Lipinski definition) is 0. The highest BCUT2D eigenvalue weighted by Gasteiger charge is 2.29. The second kappa shape index (κ2) is 8.39. The zero-order chi connectivity index (χ0) is 19.6. The Morgan fingerprint density at radius 3 is 2.44 bits per heavy atom. The van der Waals surface area contributed by atoms with E-state index in [2.05, 4.69) is 20.8 Å². The molecular weight excluding hydrogens is 452 g/mol. The highest BCUT2D eigenvalue weighted by Crippen LogP contribution is 2.30. The molecule has 3 rings (SSSR count). The van der Waals surface area contributed by atoms with Gasteiger partial charge in [0.25, 0.3) is 0 Å². The van der Waals surface area contributed by atoms with Crippen LogP contribution >= 0.6 is 27.5 Å². The molecule has 0 unspecified atom stereocenters. The van der Waals surface area contributed by atoms with Gasteiger partial charge in [-0.25, -0.2) is 8.42 Å². The highest BCUT2D eigenvalue weighted by molar-refractivity contribution is 9.10. The Bertz CT molecular complexity index is 929. The summed E-state index contributed by atoms with van der Waals surface area (Å²) in [5.74, 6) is 0.534. The molecule has 0 bridgehead atoms. The molecule has 1 heterocycles. The lowest BCUT2D eigenvalue weighted by Gasteiger charge is -2.35. The number of halogens is 2. The zero-order valence-electron chi connectivity index (χ0n) is 15.3. The number of hydrogen-bond acceptors (Lipinski definition) is 4. The molecular formula is C19H22BrClN2O3S. The first-order valence-corrected chi connectivity index (χ1v) is 11.4. The van der Waals surface area contributed by atoms with Crippen molar-refractivity contribution in [2.24, 2.45) is 0 Å². The second-order valence-corrected chi connectivity index (χ2v) is 9.55. The Balaban J connectivity index is 1.74. The molecule has 0 spiro atoms. The summed E-state index contributed by atoms with van der Waals surface area (Å²) in [7, 11) is -3.56. The molecule has 0 aliphatic carbocycles. The van der Waals surface area contributed by atoms with Crippen molar-refractivity contribution in [3.05, 3.63) is 51.5 Å². The van der Waals surface area contributed by atoms with Gasteiger partial charge in [0.1, 0.15) is 5.75 Å². The predicted molar refractivity (Wildman–Crippen MR) is 112 cm³/mol. The molecule has 2 aromatic carbocycles. The van der Waals surface area contributed by atoms with Crippen LogP contribution in [0.3, 0.4) is 0 Å². The van der Waals surface area contributed by atoms with Crippen LogP contribution in [0, 0.1) is 6.92 Å². The average molecular weight is 474 g/mol. The quantitative estimate of drug-likeness (QED) is 0.649. The van der Waals surface area contributed by atoms with Crippen LogP contribution in [-0.2, 0) is 10.0 Å². The van der Waals surface area contributed by atoms with Crippen LogP contribution < -0.4 is 9.64 Å². The van der Waals surface area contributed by atoms with E-state index in [1.165, 1.54) is 4.31 Å². The van der Waals surface area contributed by atoms with Gasteiger partial charge in [-0.05, 0) is 59.6 Å². The summed E-state index contributed by atoms with van der Waals surface area (Å²) in [6.07, 6.45) is 0. The third kappa shape index (κ3) is 4.42. The standard InChI is InChI=1S/C19H22BrClN2O3S/c1-3-26-19-13-16(6-7-17(19)20)27(24,25)23-10-8-22(9-11-23)15-5-4-14(2)18(21)12-15/h4-7,12-13H,3,8-11H2,1-2H3. The Kier molecular flexibility index (Phi) is 6.35. The van der Waals surface area contributed by atoms with Gasteiger partial charge >= 0.3 is 0 Å². The topological polar surface area (TPSA) is 49.9 Å². The Labute approximate surface area is 174 Å². The van der Waals surface area contributed by atoms with Crippen LogP contribution in [0.1, 0.15) is 12.5 Å². The van der Waals surface area contributed by atoms with E-state index >= 15 is 0 Å². The molecule has 27 heavy (non-hydrogen) atoms. The van der Waals surface area contributed by atoms with E-state index in [9.17, 15) is 8.42 Å². The van der Waals surface area contributed by atoms with Crippen LogP contribution in [0.25, 0.3) is 0 Å². The summed E-state index contributed by atoms with van der Waals surface area (Å²) >= 11 is 9.61. The number of sulfonamides is 1. The summed E-state index contributed by atoms with van der Waals surface area (Å²) in [6, 6.07) is 10.8. The van der Waals surface area contributed by atoms with Crippen LogP contribution in [0.15, 0.2) is 45.8 Å². The normalized spacial score (nSPS) is 15.8. The van der Waals surface area contributed by atoms with Gasteiger partial charge in [0.05, 0.1) is 16.0 Å². The molecule has 1 fully saturated rings. The number of nitrogens with zero attached hydrogens (tertiary/aromatic N) is 2. The summed E-state index contributed by atoms with van der Waals surface area (Å²) in [6.45, 7) is 6.39. The van der Waals surface area contributed by atoms with Crippen LogP contribution in [0.4, 0.5) is 5.69 Å². The van der Waals surface area contributed by atoms with Crippen molar-refractivity contribution in [2.75, 3.05) is 37.7 Å². The monoisotopic (exact) mass is 472 g/mol. The van der Waals surface area contributed by atoms with Crippen LogP contribution in [0.2, 0.25) is 5.02 Å². The molecule has 0 aromatic heterocycles. The third-order valence-corrected chi connectivity index (χ3v) is 7.56. The second-order valence-electron chi connectivity index (χ2n) is 6.35. The third-order valence-electron chi connectivity index (χ3n) is 4.60. The molecule has 2 aromatic rings. The Morgan fingerprint density at radius 2 is 1.81 bits per heavy atom. The zero-order valence-corrected chi connectivity index (χ0v) is 18.4. The number of aryl methyl sites for hydroxylation is 1. The van der Waals surface area contributed by atoms with Crippen molar-refractivity contribution < 1.29 is 13.2 Å². The fourth-order valence-corrected chi connectivity index (χ4v) is 5.00. The molecule has 0 amide bonds. The van der Waals surface area contributed by atoms with Crippen LogP contribution in [0.5, 0.6) is 5.75 Å². The number of benzene rings is 2. The first-order valence-electron chi connectivity index (χ1n) is 8.76. The molecule has 146 valence electrons. The maximum absolute atomic E-state index is 13.0. The van der Waals surface area contributed by atoms with E-state index < -0.39 is 10.0 Å². The molecule has 1 saturated heterocycles. The lowest BCUT2D eigenvalue weighted by atomic mass is 10.2. The maximum atomic E-state index is 13.0. The van der Waals surface area contributed by atoms with Crippen LogP contribution in [-0.4, -0.2) is 45.5 Å². The lowest BCUT2D eigenvalue weighted by Crippen LogP contribution is -2.48. The van der Waals surface area contributed by atoms with Gasteiger partial charge in [-0.15, -0.1) is 0 Å². The highest BCUT2D eigenvalue weighted by atomic mass is 79.9. The van der Waals surface area contributed by atoms with Gasteiger partial charge in [-0.2, -0.15) is 4.31 Å². The minimum atomic E-state index is -3.56. The van der Waals surface area contributed by atoms with E-state index in [-0.39, 0.29) is 4.90 Å². The Hall–Kier alpha value is -1.28. The van der Waals surface area contributed by atoms with Crippen molar-refractivity contribution in [1.29, 1.82) is 0 Å². The average Bonchev–Trinajstić information content (AvgIpc) is 2.66. The molecule has 0 N–H and O–H groups in total. The summed E-state index contributed by atoms with van der Waals surface area (Å²) in [5, 5.41) is 0.723. The van der Waals surface area contributed by atoms with Gasteiger partial charge in [0, 0.05) is 43.0 Å². The smallest absolute Gasteiger partial charge is 0.243 e. The fraction of sp³-hybridized carbons (Fsp3) is 0.368. The van der Waals surface area contributed by atoms with Crippen molar-refractivity contribution in [3.8, 4) is 5.75 Å². The molecule has 0 atom stereocenters. The van der Waals surface area contributed by atoms with E-state index in [1.54, 1.807) is 18.2 Å².